The first-order valence-corrected chi connectivity index (χ1v) is 4.34. The van der Waals surface area contributed by atoms with Gasteiger partial charge >= 0.3 is 0 Å². The number of nitrogens with one attached hydrogen (secondary N) is 1. The van der Waals surface area contributed by atoms with Gasteiger partial charge in [-0.15, -0.1) is 0 Å². The molecule has 0 aliphatic rings. The second-order valence-corrected chi connectivity index (χ2v) is 3.59. The summed E-state index contributed by atoms with van der Waals surface area (Å²) in [6, 6.07) is 8.35. The summed E-state index contributed by atoms with van der Waals surface area (Å²) in [6.07, 6.45) is 0. The molecule has 0 aliphatic heterocycles. The summed E-state index contributed by atoms with van der Waals surface area (Å²) in [5, 5.41) is 5.05. The topological polar surface area (TPSA) is 66.9 Å². The average molecular weight is 156 g/mol. The van der Waals surface area contributed by atoms with Crippen molar-refractivity contribution in [3.05, 3.63) is 30.3 Å². The fraction of sp³-hybridized carbons (Fsp3) is 0. The summed E-state index contributed by atoms with van der Waals surface area (Å²) in [5.41, 5.74) is 0. The lowest BCUT2D eigenvalue weighted by Crippen LogP contribution is -2.09. The summed E-state index contributed by atoms with van der Waals surface area (Å²) in [7, 11) is -3.00. The summed E-state index contributed by atoms with van der Waals surface area (Å²) in [6.45, 7) is 0. The smallest absolute Gasteiger partial charge is 0.132 e. The Morgan fingerprint density at radius 1 is 1.30 bits per heavy atom. The van der Waals surface area contributed by atoms with E-state index in [1.807, 2.05) is 0 Å². The van der Waals surface area contributed by atoms with Gasteiger partial charge in [0.2, 0.25) is 0 Å². The Hall–Kier alpha value is -0.870. The first-order valence-electron chi connectivity index (χ1n) is 2.72. The number of hydrogen-bond donors (Lipinski definition) is 2. The zero-order chi connectivity index (χ0) is 7.61. The van der Waals surface area contributed by atoms with E-state index in [-0.39, 0.29) is 0 Å². The van der Waals surface area contributed by atoms with E-state index in [0.717, 1.165) is 0 Å². The molecule has 4 heteroatoms. The molecule has 0 bridgehead atoms. The molecule has 10 heavy (non-hydrogen) atoms. The average Bonchev–Trinajstić information content (AvgIpc) is 1.88. The molecule has 0 saturated heterocycles. The number of rotatable bonds is 1. The van der Waals surface area contributed by atoms with Gasteiger partial charge in [0.15, 0.2) is 0 Å². The van der Waals surface area contributed by atoms with Crippen LogP contribution >= 0.6 is 0 Å². The van der Waals surface area contributed by atoms with Crippen LogP contribution in [0.25, 0.3) is 0 Å². The Balaban J connectivity index is 3.22. The van der Waals surface area contributed by atoms with Gasteiger partial charge in [-0.25, -0.2) is 14.1 Å². The van der Waals surface area contributed by atoms with Gasteiger partial charge in [-0.2, -0.15) is 0 Å². The molecule has 0 radical (unpaired) electrons. The molecule has 3 N–H and O–H groups in total. The molecule has 0 saturated carbocycles. The van der Waals surface area contributed by atoms with Crippen LogP contribution in [-0.2, 0) is 9.92 Å². The molecule has 1 atom stereocenters. The zero-order valence-electron chi connectivity index (χ0n) is 5.28. The van der Waals surface area contributed by atoms with Crippen LogP contribution in [0.3, 0.4) is 0 Å². The maximum atomic E-state index is 10.8. The number of benzene rings is 1. The predicted octanol–water partition coefficient (Wildman–Crippen LogP) is 0.966. The quantitative estimate of drug-likeness (QED) is 0.625. The zero-order valence-corrected chi connectivity index (χ0v) is 6.10. The summed E-state index contributed by atoms with van der Waals surface area (Å²) in [4.78, 5) is 0.370. The highest BCUT2D eigenvalue weighted by Gasteiger charge is 1.99. The lowest BCUT2D eigenvalue weighted by Gasteiger charge is -1.97. The first-order chi connectivity index (χ1) is 4.61. The molecule has 0 heterocycles. The molecule has 1 aromatic carbocycles. The number of hydrogen-bond acceptors (Lipinski definition) is 2. The van der Waals surface area contributed by atoms with Crippen LogP contribution in [0.1, 0.15) is 0 Å². The second-order valence-electron chi connectivity index (χ2n) is 1.91. The van der Waals surface area contributed by atoms with Gasteiger partial charge in [-0.3, -0.25) is 0 Å². The van der Waals surface area contributed by atoms with Crippen molar-refractivity contribution in [3.63, 3.8) is 0 Å². The van der Waals surface area contributed by atoms with Crippen LogP contribution in [0.5, 0.6) is 0 Å². The minimum Gasteiger partial charge on any atom is -0.241 e. The van der Waals surface area contributed by atoms with Gasteiger partial charge in [0.25, 0.3) is 0 Å². The molecule has 54 valence electrons. The highest BCUT2D eigenvalue weighted by molar-refractivity contribution is 7.90. The SMILES string of the molecule is N=S(N)(=O)c1ccccc1. The van der Waals surface area contributed by atoms with E-state index >= 15 is 0 Å². The molecule has 1 unspecified atom stereocenters. The van der Waals surface area contributed by atoms with Crippen LogP contribution in [-0.4, -0.2) is 4.21 Å². The Bertz CT molecular complexity index is 304. The first kappa shape index (κ1) is 7.24. The van der Waals surface area contributed by atoms with Gasteiger partial charge < -0.3 is 0 Å². The third kappa shape index (κ3) is 1.55. The summed E-state index contributed by atoms with van der Waals surface area (Å²) < 4.78 is 17.8. The van der Waals surface area contributed by atoms with Gasteiger partial charge in [0.05, 0.1) is 4.90 Å². The molecule has 3 nitrogen and oxygen atoms in total. The monoisotopic (exact) mass is 156 g/mol. The van der Waals surface area contributed by atoms with Crippen LogP contribution in [0.4, 0.5) is 0 Å². The van der Waals surface area contributed by atoms with Crippen LogP contribution in [0.2, 0.25) is 0 Å². The van der Waals surface area contributed by atoms with Crippen molar-refractivity contribution in [2.75, 3.05) is 0 Å². The van der Waals surface area contributed by atoms with Crippen molar-refractivity contribution in [1.82, 2.24) is 0 Å². The van der Waals surface area contributed by atoms with E-state index in [1.54, 1.807) is 30.3 Å². The largest absolute Gasteiger partial charge is 0.241 e. The maximum absolute atomic E-state index is 10.8. The Labute approximate surface area is 60.0 Å². The van der Waals surface area contributed by atoms with E-state index in [1.165, 1.54) is 0 Å². The van der Waals surface area contributed by atoms with E-state index in [0.29, 0.717) is 4.90 Å². The molecule has 0 aromatic heterocycles. The molecule has 1 rings (SSSR count). The fourth-order valence-electron chi connectivity index (χ4n) is 0.623. The fourth-order valence-corrected chi connectivity index (χ4v) is 1.18. The molecule has 1 aromatic rings. The van der Waals surface area contributed by atoms with Crippen molar-refractivity contribution in [2.24, 2.45) is 5.14 Å². The summed E-state index contributed by atoms with van der Waals surface area (Å²) >= 11 is 0. The number of nitrogens with two attached hydrogens (primary N) is 1. The van der Waals surface area contributed by atoms with Crippen LogP contribution in [0, 0.1) is 4.78 Å². The van der Waals surface area contributed by atoms with E-state index < -0.39 is 9.92 Å². The molecule has 0 amide bonds. The molecule has 0 aliphatic carbocycles. The lowest BCUT2D eigenvalue weighted by molar-refractivity contribution is 0.676. The standard InChI is InChI=1S/C6H8N2OS/c7-10(8,9)6-4-2-1-3-5-6/h1-5H,(H3,7,8,9). The van der Waals surface area contributed by atoms with Crippen LogP contribution in [0.15, 0.2) is 35.2 Å². The molecular weight excluding hydrogens is 148 g/mol. The minimum atomic E-state index is -3.00. The highest BCUT2D eigenvalue weighted by Crippen LogP contribution is 2.03. The second kappa shape index (κ2) is 2.40. The van der Waals surface area contributed by atoms with Crippen molar-refractivity contribution >= 4 is 9.92 Å². The van der Waals surface area contributed by atoms with E-state index in [2.05, 4.69) is 0 Å². The molecule has 0 fully saturated rings. The van der Waals surface area contributed by atoms with Gasteiger partial charge in [-0.05, 0) is 12.1 Å². The normalized spacial score (nSPS) is 16.1. The highest BCUT2D eigenvalue weighted by atomic mass is 32.2. The third-order valence-corrected chi connectivity index (χ3v) is 2.07. The van der Waals surface area contributed by atoms with Crippen molar-refractivity contribution in [1.29, 1.82) is 4.78 Å². The molecular formula is C6H8N2OS. The third-order valence-electron chi connectivity index (χ3n) is 1.09. The van der Waals surface area contributed by atoms with Gasteiger partial charge in [-0.1, -0.05) is 18.2 Å². The van der Waals surface area contributed by atoms with Crippen molar-refractivity contribution in [3.8, 4) is 0 Å². The predicted molar refractivity (Wildman–Crippen MR) is 39.8 cm³/mol. The maximum Gasteiger partial charge on any atom is 0.132 e. The Morgan fingerprint density at radius 3 is 2.10 bits per heavy atom. The summed E-state index contributed by atoms with van der Waals surface area (Å²) in [5.74, 6) is 0. The minimum absolute atomic E-state index is 0.370. The van der Waals surface area contributed by atoms with Crippen LogP contribution < -0.4 is 5.14 Å². The van der Waals surface area contributed by atoms with Crippen molar-refractivity contribution < 1.29 is 4.21 Å². The van der Waals surface area contributed by atoms with Gasteiger partial charge in [0.1, 0.15) is 9.92 Å². The Kier molecular flexibility index (Phi) is 1.74. The van der Waals surface area contributed by atoms with E-state index in [4.69, 9.17) is 9.92 Å². The lowest BCUT2D eigenvalue weighted by atomic mass is 10.4. The van der Waals surface area contributed by atoms with E-state index in [9.17, 15) is 4.21 Å². The van der Waals surface area contributed by atoms with Crippen molar-refractivity contribution in [2.45, 2.75) is 4.90 Å². The van der Waals surface area contributed by atoms with Gasteiger partial charge in [0, 0.05) is 0 Å². The molecule has 0 spiro atoms. The Morgan fingerprint density at radius 2 is 1.80 bits per heavy atom.